The molecule has 0 saturated heterocycles. The van der Waals surface area contributed by atoms with E-state index < -0.39 is 0 Å². The van der Waals surface area contributed by atoms with Crippen LogP contribution in [-0.4, -0.2) is 46.3 Å². The van der Waals surface area contributed by atoms with Crippen molar-refractivity contribution < 1.29 is 4.79 Å². The summed E-state index contributed by atoms with van der Waals surface area (Å²) in [7, 11) is 0. The average molecular weight is 500 g/mol. The summed E-state index contributed by atoms with van der Waals surface area (Å²) in [6.07, 6.45) is 5.23. The van der Waals surface area contributed by atoms with Gasteiger partial charge in [0, 0.05) is 45.5 Å². The molecule has 2 N–H and O–H groups in total. The second-order valence-corrected chi connectivity index (χ2v) is 8.53. The molecule has 0 saturated carbocycles. The van der Waals surface area contributed by atoms with Crippen molar-refractivity contribution in [3.63, 3.8) is 0 Å². The third-order valence-electron chi connectivity index (χ3n) is 5.48. The summed E-state index contributed by atoms with van der Waals surface area (Å²) >= 11 is 6.03. The van der Waals surface area contributed by atoms with E-state index in [1.807, 2.05) is 35.0 Å². The number of aromatic nitrogens is 8. The Bertz CT molecular complexity index is 1480. The summed E-state index contributed by atoms with van der Waals surface area (Å²) in [6.45, 7) is 2.52. The van der Waals surface area contributed by atoms with Gasteiger partial charge < -0.3 is 5.32 Å². The predicted octanol–water partition coefficient (Wildman–Crippen LogP) is 4.43. The van der Waals surface area contributed by atoms with Crippen molar-refractivity contribution in [2.45, 2.75) is 26.3 Å². The lowest BCUT2D eigenvalue weighted by Gasteiger charge is -2.08. The topological polar surface area (TPSA) is 127 Å². The molecule has 0 fully saturated rings. The first-order valence-corrected chi connectivity index (χ1v) is 11.8. The van der Waals surface area contributed by atoms with Gasteiger partial charge >= 0.3 is 0 Å². The van der Waals surface area contributed by atoms with Crippen LogP contribution in [0.25, 0.3) is 22.8 Å². The minimum atomic E-state index is -0.293. The fourth-order valence-electron chi connectivity index (χ4n) is 3.82. The molecule has 5 aromatic rings. The number of nitrogens with zero attached hydrogens (tertiary/aromatic N) is 7. The second-order valence-electron chi connectivity index (χ2n) is 8.09. The van der Waals surface area contributed by atoms with Gasteiger partial charge in [-0.3, -0.25) is 9.48 Å². The lowest BCUT2D eigenvalue weighted by atomic mass is 10.1. The molecule has 0 aliphatic rings. The molecule has 3 heterocycles. The van der Waals surface area contributed by atoms with Crippen LogP contribution in [0.1, 0.15) is 35.1 Å². The number of anilines is 1. The number of H-pyrrole nitrogens is 1. The smallest absolute Gasteiger partial charge is 0.276 e. The lowest BCUT2D eigenvalue weighted by Crippen LogP contribution is -2.14. The van der Waals surface area contributed by atoms with Crippen LogP contribution >= 0.6 is 11.6 Å². The van der Waals surface area contributed by atoms with Gasteiger partial charge in [-0.05, 0) is 35.9 Å². The van der Waals surface area contributed by atoms with Gasteiger partial charge in [0.05, 0.1) is 6.54 Å². The fourth-order valence-corrected chi connectivity index (χ4v) is 4.01. The van der Waals surface area contributed by atoms with E-state index in [0.717, 1.165) is 35.2 Å². The van der Waals surface area contributed by atoms with Gasteiger partial charge in [-0.25, -0.2) is 9.97 Å². The van der Waals surface area contributed by atoms with Crippen LogP contribution in [0.5, 0.6) is 0 Å². The number of amides is 1. The van der Waals surface area contributed by atoms with E-state index in [2.05, 4.69) is 47.9 Å². The third-order valence-corrected chi connectivity index (χ3v) is 5.71. The van der Waals surface area contributed by atoms with E-state index >= 15 is 0 Å². The number of hydrogen-bond donors (Lipinski definition) is 2. The number of aryl methyl sites for hydroxylation is 1. The largest absolute Gasteiger partial charge is 0.321 e. The van der Waals surface area contributed by atoms with Crippen LogP contribution in [0.4, 0.5) is 5.69 Å². The number of nitrogens with one attached hydrogen (secondary N) is 2. The van der Waals surface area contributed by atoms with Gasteiger partial charge in [-0.2, -0.15) is 10.3 Å². The highest BCUT2D eigenvalue weighted by Gasteiger charge is 2.16. The summed E-state index contributed by atoms with van der Waals surface area (Å²) < 4.78 is 1.82. The molecule has 0 aliphatic carbocycles. The molecule has 0 unspecified atom stereocenters. The Labute approximate surface area is 211 Å². The third kappa shape index (κ3) is 5.13. The van der Waals surface area contributed by atoms with E-state index in [1.54, 1.807) is 36.7 Å². The van der Waals surface area contributed by atoms with Crippen LogP contribution in [0.15, 0.2) is 67.0 Å². The zero-order chi connectivity index (χ0) is 24.9. The van der Waals surface area contributed by atoms with Crippen molar-refractivity contribution in [1.82, 2.24) is 40.4 Å². The van der Waals surface area contributed by atoms with E-state index in [9.17, 15) is 4.79 Å². The maximum atomic E-state index is 12.8. The quantitative estimate of drug-likeness (QED) is 0.323. The molecule has 0 aliphatic heterocycles. The van der Waals surface area contributed by atoms with Gasteiger partial charge in [0.1, 0.15) is 0 Å². The number of carbonyl (C=O) groups excluding carboxylic acids is 1. The van der Waals surface area contributed by atoms with Crippen LogP contribution in [0, 0.1) is 0 Å². The number of rotatable bonds is 8. The van der Waals surface area contributed by atoms with Crippen molar-refractivity contribution in [2.75, 3.05) is 5.32 Å². The standard InChI is InChI=1S/C25H22ClN9O/c1-2-6-19-12-22(25(36)29-18-8-5-7-17(26)11-18)32-35(19)15-16-13-27-23(28-14-16)20-9-3-4-10-21(20)24-30-33-34-31-24/h3-5,7-14H,2,6,15H2,1H3,(H,29,36)(H,30,31,33,34). The van der Waals surface area contributed by atoms with E-state index in [1.165, 1.54) is 0 Å². The highest BCUT2D eigenvalue weighted by Crippen LogP contribution is 2.27. The molecule has 0 radical (unpaired) electrons. The zero-order valence-corrected chi connectivity index (χ0v) is 20.1. The van der Waals surface area contributed by atoms with Gasteiger partial charge in [-0.1, -0.05) is 55.3 Å². The molecule has 0 bridgehead atoms. The molecule has 3 aromatic heterocycles. The first-order chi connectivity index (χ1) is 17.6. The monoisotopic (exact) mass is 499 g/mol. The number of aromatic amines is 1. The Morgan fingerprint density at radius 1 is 1.03 bits per heavy atom. The van der Waals surface area contributed by atoms with Crippen molar-refractivity contribution >= 4 is 23.2 Å². The summed E-state index contributed by atoms with van der Waals surface area (Å²) in [4.78, 5) is 21.9. The fraction of sp³-hybridized carbons (Fsp3) is 0.160. The molecule has 0 spiro atoms. The molecule has 11 heteroatoms. The number of halogens is 1. The summed E-state index contributed by atoms with van der Waals surface area (Å²) in [6, 6.07) is 16.4. The average Bonchev–Trinajstić information content (AvgIpc) is 3.56. The molecular formula is C25H22ClN9O. The maximum Gasteiger partial charge on any atom is 0.276 e. The molecule has 5 rings (SSSR count). The van der Waals surface area contributed by atoms with Gasteiger partial charge in [0.2, 0.25) is 5.82 Å². The lowest BCUT2D eigenvalue weighted by molar-refractivity contribution is 0.102. The first-order valence-electron chi connectivity index (χ1n) is 11.4. The minimum absolute atomic E-state index is 0.293. The van der Waals surface area contributed by atoms with E-state index in [0.29, 0.717) is 34.6 Å². The summed E-state index contributed by atoms with van der Waals surface area (Å²) in [5, 5.41) is 22.2. The highest BCUT2D eigenvalue weighted by molar-refractivity contribution is 6.30. The predicted molar refractivity (Wildman–Crippen MR) is 135 cm³/mol. The van der Waals surface area contributed by atoms with Gasteiger partial charge in [0.15, 0.2) is 11.5 Å². The van der Waals surface area contributed by atoms with Crippen LogP contribution in [0.2, 0.25) is 5.02 Å². The Balaban J connectivity index is 1.36. The van der Waals surface area contributed by atoms with Gasteiger partial charge in [-0.15, -0.1) is 10.2 Å². The molecule has 180 valence electrons. The Hall–Kier alpha value is -4.44. The molecule has 36 heavy (non-hydrogen) atoms. The molecule has 2 aromatic carbocycles. The number of benzene rings is 2. The van der Waals surface area contributed by atoms with E-state index in [4.69, 9.17) is 11.6 Å². The van der Waals surface area contributed by atoms with Gasteiger partial charge in [0.25, 0.3) is 5.91 Å². The molecule has 1 amide bonds. The highest BCUT2D eigenvalue weighted by atomic mass is 35.5. The van der Waals surface area contributed by atoms with Crippen LogP contribution in [0.3, 0.4) is 0 Å². The Morgan fingerprint density at radius 3 is 2.50 bits per heavy atom. The summed E-state index contributed by atoms with van der Waals surface area (Å²) in [5.41, 5.74) is 4.36. The van der Waals surface area contributed by atoms with Crippen LogP contribution < -0.4 is 5.32 Å². The zero-order valence-electron chi connectivity index (χ0n) is 19.4. The Kier molecular flexibility index (Phi) is 6.76. The Morgan fingerprint density at radius 2 is 1.81 bits per heavy atom. The second kappa shape index (κ2) is 10.4. The van der Waals surface area contributed by atoms with E-state index in [-0.39, 0.29) is 5.91 Å². The maximum absolute atomic E-state index is 12.8. The SMILES string of the molecule is CCCc1cc(C(=O)Nc2cccc(Cl)c2)nn1Cc1cnc(-c2ccccc2-c2nn[nH]n2)nc1. The molecule has 0 atom stereocenters. The normalized spacial score (nSPS) is 10.9. The first kappa shape index (κ1) is 23.3. The van der Waals surface area contributed by atoms with Crippen molar-refractivity contribution in [2.24, 2.45) is 0 Å². The number of hydrogen-bond acceptors (Lipinski definition) is 7. The minimum Gasteiger partial charge on any atom is -0.321 e. The summed E-state index contributed by atoms with van der Waals surface area (Å²) in [5.74, 6) is 0.732. The number of carbonyl (C=O) groups is 1. The van der Waals surface area contributed by atoms with Crippen LogP contribution in [-0.2, 0) is 13.0 Å². The van der Waals surface area contributed by atoms with Crippen molar-refractivity contribution in [3.05, 3.63) is 89.0 Å². The van der Waals surface area contributed by atoms with Crippen molar-refractivity contribution in [1.29, 1.82) is 0 Å². The molecular weight excluding hydrogens is 478 g/mol. The number of tetrazole rings is 1. The van der Waals surface area contributed by atoms with Crippen molar-refractivity contribution in [3.8, 4) is 22.8 Å². The molecule has 10 nitrogen and oxygen atoms in total.